The highest BCUT2D eigenvalue weighted by molar-refractivity contribution is 7.92. The van der Waals surface area contributed by atoms with Gasteiger partial charge in [-0.25, -0.2) is 8.42 Å². The fourth-order valence-corrected chi connectivity index (χ4v) is 6.46. The molecule has 2 saturated heterocycles. The molecular weight excluding hydrogens is 272 g/mol. The Morgan fingerprint density at radius 3 is 2.30 bits per heavy atom. The van der Waals surface area contributed by atoms with E-state index in [2.05, 4.69) is 6.58 Å². The molecule has 0 aromatic rings. The summed E-state index contributed by atoms with van der Waals surface area (Å²) >= 11 is 0. The zero-order valence-corrected chi connectivity index (χ0v) is 13.2. The Bertz CT molecular complexity index is 407. The predicted molar refractivity (Wildman–Crippen MR) is 82.4 cm³/mol. The van der Waals surface area contributed by atoms with E-state index in [1.807, 2.05) is 6.08 Å². The predicted octanol–water partition coefficient (Wildman–Crippen LogP) is 3.37. The molecular formula is C16H28O3S. The van der Waals surface area contributed by atoms with E-state index in [9.17, 15) is 13.5 Å². The number of rotatable bonds is 7. The van der Waals surface area contributed by atoms with Crippen LogP contribution in [0.5, 0.6) is 0 Å². The zero-order valence-electron chi connectivity index (χ0n) is 12.4. The van der Waals surface area contributed by atoms with Crippen molar-refractivity contribution in [2.75, 3.05) is 0 Å². The van der Waals surface area contributed by atoms with E-state index in [1.54, 1.807) is 0 Å². The summed E-state index contributed by atoms with van der Waals surface area (Å²) in [6.45, 7) is 3.71. The van der Waals surface area contributed by atoms with Crippen LogP contribution in [0.2, 0.25) is 0 Å². The molecule has 0 aliphatic carbocycles. The van der Waals surface area contributed by atoms with E-state index in [0.29, 0.717) is 12.8 Å². The van der Waals surface area contributed by atoms with Gasteiger partial charge in [0.1, 0.15) is 0 Å². The third-order valence-corrected chi connectivity index (χ3v) is 7.66. The topological polar surface area (TPSA) is 54.4 Å². The standard InChI is InChI=1S/C16H28O3S/c1-2-3-4-5-6-7-11-16(17)12-14-9-8-10-15(13-16)20(14,18)19/h2,14-15,17H,1,3-13H2. The second-order valence-corrected chi connectivity index (χ2v) is 9.15. The summed E-state index contributed by atoms with van der Waals surface area (Å²) in [5.74, 6) is 0. The smallest absolute Gasteiger partial charge is 0.156 e. The van der Waals surface area contributed by atoms with Gasteiger partial charge in [0.15, 0.2) is 9.84 Å². The lowest BCUT2D eigenvalue weighted by Gasteiger charge is -2.44. The largest absolute Gasteiger partial charge is 0.390 e. The van der Waals surface area contributed by atoms with E-state index in [-0.39, 0.29) is 10.5 Å². The summed E-state index contributed by atoms with van der Waals surface area (Å²) in [5, 5.41) is 10.2. The lowest BCUT2D eigenvalue weighted by Crippen LogP contribution is -2.51. The number of fused-ring (bicyclic) bond motifs is 2. The average Bonchev–Trinajstić information content (AvgIpc) is 2.36. The minimum absolute atomic E-state index is 0.277. The quantitative estimate of drug-likeness (QED) is 0.579. The first-order valence-corrected chi connectivity index (χ1v) is 9.65. The molecule has 4 heteroatoms. The summed E-state index contributed by atoms with van der Waals surface area (Å²) in [6.07, 6.45) is 11.7. The highest BCUT2D eigenvalue weighted by Gasteiger charge is 2.49. The molecule has 0 saturated carbocycles. The molecule has 2 unspecified atom stereocenters. The normalized spacial score (nSPS) is 35.6. The van der Waals surface area contributed by atoms with Gasteiger partial charge in [0.25, 0.3) is 0 Å². The fraction of sp³-hybridized carbons (Fsp3) is 0.875. The Balaban J connectivity index is 1.82. The maximum absolute atomic E-state index is 12.2. The van der Waals surface area contributed by atoms with Crippen molar-refractivity contribution in [2.24, 2.45) is 0 Å². The number of hydrogen-bond acceptors (Lipinski definition) is 3. The van der Waals surface area contributed by atoms with Gasteiger partial charge in [-0.05, 0) is 44.9 Å². The lowest BCUT2D eigenvalue weighted by molar-refractivity contribution is -0.000539. The average molecular weight is 300 g/mol. The van der Waals surface area contributed by atoms with E-state index in [1.165, 1.54) is 12.8 Å². The molecule has 3 nitrogen and oxygen atoms in total. The van der Waals surface area contributed by atoms with Crippen molar-refractivity contribution in [3.05, 3.63) is 12.7 Å². The van der Waals surface area contributed by atoms with Crippen molar-refractivity contribution in [3.8, 4) is 0 Å². The van der Waals surface area contributed by atoms with Crippen molar-refractivity contribution in [1.29, 1.82) is 0 Å². The molecule has 1 N–H and O–H groups in total. The molecule has 2 atom stereocenters. The monoisotopic (exact) mass is 300 g/mol. The Labute approximate surface area is 123 Å². The highest BCUT2D eigenvalue weighted by Crippen LogP contribution is 2.43. The molecule has 2 fully saturated rings. The molecule has 0 aromatic carbocycles. The van der Waals surface area contributed by atoms with Gasteiger partial charge in [-0.15, -0.1) is 6.58 Å². The summed E-state index contributed by atoms with van der Waals surface area (Å²) in [7, 11) is -2.95. The van der Waals surface area contributed by atoms with Crippen molar-refractivity contribution in [3.63, 3.8) is 0 Å². The van der Waals surface area contributed by atoms with Crippen molar-refractivity contribution in [1.82, 2.24) is 0 Å². The van der Waals surface area contributed by atoms with Crippen LogP contribution in [0.1, 0.15) is 70.6 Å². The Morgan fingerprint density at radius 1 is 1.10 bits per heavy atom. The van der Waals surface area contributed by atoms with Gasteiger partial charge in [-0.2, -0.15) is 0 Å². The number of aliphatic hydroxyl groups is 1. The SMILES string of the molecule is C=CCCCCCCC1(O)CC2CCCC(C1)S2(=O)=O. The van der Waals surface area contributed by atoms with Crippen molar-refractivity contribution in [2.45, 2.75) is 86.7 Å². The molecule has 0 amide bonds. The summed E-state index contributed by atoms with van der Waals surface area (Å²) in [6, 6.07) is 0. The number of allylic oxidation sites excluding steroid dienone is 1. The fourth-order valence-electron chi connectivity index (χ4n) is 3.84. The molecule has 20 heavy (non-hydrogen) atoms. The second-order valence-electron chi connectivity index (χ2n) is 6.64. The van der Waals surface area contributed by atoms with Crippen LogP contribution < -0.4 is 0 Å². The van der Waals surface area contributed by atoms with Crippen LogP contribution in [-0.2, 0) is 9.84 Å². The first-order chi connectivity index (χ1) is 9.48. The van der Waals surface area contributed by atoms with Gasteiger partial charge >= 0.3 is 0 Å². The van der Waals surface area contributed by atoms with Crippen LogP contribution >= 0.6 is 0 Å². The molecule has 2 bridgehead atoms. The van der Waals surface area contributed by atoms with E-state index >= 15 is 0 Å². The van der Waals surface area contributed by atoms with Gasteiger partial charge in [0, 0.05) is 0 Å². The Kier molecular flexibility index (Phi) is 5.30. The Morgan fingerprint density at radius 2 is 1.70 bits per heavy atom. The van der Waals surface area contributed by atoms with E-state index in [4.69, 9.17) is 0 Å². The van der Waals surface area contributed by atoms with Gasteiger partial charge in [0.2, 0.25) is 0 Å². The second kappa shape index (κ2) is 6.61. The van der Waals surface area contributed by atoms with Crippen molar-refractivity contribution < 1.29 is 13.5 Å². The van der Waals surface area contributed by atoms with Crippen LogP contribution in [0.15, 0.2) is 12.7 Å². The van der Waals surface area contributed by atoms with Gasteiger partial charge < -0.3 is 5.11 Å². The zero-order chi connectivity index (χ0) is 14.6. The van der Waals surface area contributed by atoms with Crippen LogP contribution in [0, 0.1) is 0 Å². The maximum atomic E-state index is 12.2. The summed E-state index contributed by atoms with van der Waals surface area (Å²) in [5.41, 5.74) is -0.723. The van der Waals surface area contributed by atoms with Gasteiger partial charge in [-0.3, -0.25) is 0 Å². The number of hydrogen-bond donors (Lipinski definition) is 1. The molecule has 2 heterocycles. The van der Waals surface area contributed by atoms with E-state index in [0.717, 1.165) is 44.9 Å². The summed E-state index contributed by atoms with van der Waals surface area (Å²) < 4.78 is 24.4. The molecule has 2 aliphatic heterocycles. The van der Waals surface area contributed by atoms with E-state index < -0.39 is 15.4 Å². The molecule has 0 aromatic heterocycles. The highest BCUT2D eigenvalue weighted by atomic mass is 32.2. The summed E-state index contributed by atoms with van der Waals surface area (Å²) in [4.78, 5) is 0. The third kappa shape index (κ3) is 3.64. The minimum atomic E-state index is -2.95. The molecule has 0 spiro atoms. The molecule has 2 aliphatic rings. The van der Waals surface area contributed by atoms with Crippen LogP contribution in [0.4, 0.5) is 0 Å². The lowest BCUT2D eigenvalue weighted by atomic mass is 9.82. The van der Waals surface area contributed by atoms with Gasteiger partial charge in [-0.1, -0.05) is 31.8 Å². The number of unbranched alkanes of at least 4 members (excludes halogenated alkanes) is 4. The Hall–Kier alpha value is -0.350. The van der Waals surface area contributed by atoms with Crippen LogP contribution in [0.25, 0.3) is 0 Å². The first-order valence-electron chi connectivity index (χ1n) is 8.04. The maximum Gasteiger partial charge on any atom is 0.156 e. The molecule has 0 radical (unpaired) electrons. The third-order valence-electron chi connectivity index (χ3n) is 5.00. The van der Waals surface area contributed by atoms with Crippen molar-refractivity contribution >= 4 is 9.84 Å². The molecule has 2 rings (SSSR count). The minimum Gasteiger partial charge on any atom is -0.390 e. The van der Waals surface area contributed by atoms with Gasteiger partial charge in [0.05, 0.1) is 16.1 Å². The molecule has 116 valence electrons. The van der Waals surface area contributed by atoms with Crippen LogP contribution in [-0.4, -0.2) is 29.6 Å². The van der Waals surface area contributed by atoms with Crippen LogP contribution in [0.3, 0.4) is 0 Å². The number of sulfone groups is 1. The first kappa shape index (κ1) is 16.0.